The molecule has 5 rings (SSSR count). The number of halogens is 2. The average molecular weight is 600 g/mol. The molecule has 3 heterocycles. The highest BCUT2D eigenvalue weighted by Gasteiger charge is 2.48. The van der Waals surface area contributed by atoms with Crippen LogP contribution >= 0.6 is 50.6 Å². The standard InChI is InChI=1S/C25H16BrClN4O3S2/c26-17-5-3-15(4-6-17)20-19(21(32)16-9-11-28-12-10-16)22(33)23(34)31(20)24-29-30-25(36-24)35-13-14-1-7-18(27)8-2-14/h1-12,20,32H,13H2/b21-19+. The van der Waals surface area contributed by atoms with Crippen LogP contribution in [0.15, 0.2) is 87.4 Å². The Balaban J connectivity index is 1.52. The number of hydrogen-bond donors (Lipinski definition) is 1. The summed E-state index contributed by atoms with van der Waals surface area (Å²) in [7, 11) is 0. The van der Waals surface area contributed by atoms with Gasteiger partial charge in [0, 0.05) is 33.2 Å². The molecule has 7 nitrogen and oxygen atoms in total. The van der Waals surface area contributed by atoms with Crippen LogP contribution in [0.25, 0.3) is 5.76 Å². The van der Waals surface area contributed by atoms with Gasteiger partial charge in [0.1, 0.15) is 5.76 Å². The quantitative estimate of drug-likeness (QED) is 0.0918. The van der Waals surface area contributed by atoms with Gasteiger partial charge in [0.15, 0.2) is 4.34 Å². The summed E-state index contributed by atoms with van der Waals surface area (Å²) in [5, 5.41) is 20.5. The molecule has 1 amide bonds. The van der Waals surface area contributed by atoms with E-state index in [4.69, 9.17) is 11.6 Å². The first kappa shape index (κ1) is 24.6. The molecule has 180 valence electrons. The number of amides is 1. The molecular weight excluding hydrogens is 584 g/mol. The maximum absolute atomic E-state index is 13.3. The smallest absolute Gasteiger partial charge is 0.301 e. The van der Waals surface area contributed by atoms with Crippen LogP contribution in [0.2, 0.25) is 5.02 Å². The maximum Gasteiger partial charge on any atom is 0.301 e. The van der Waals surface area contributed by atoms with Gasteiger partial charge >= 0.3 is 5.91 Å². The Morgan fingerprint density at radius 1 is 1.03 bits per heavy atom. The fraction of sp³-hybridized carbons (Fsp3) is 0.0800. The molecule has 1 aliphatic rings. The molecule has 0 radical (unpaired) electrons. The zero-order valence-corrected chi connectivity index (χ0v) is 22.3. The highest BCUT2D eigenvalue weighted by atomic mass is 79.9. The Bertz CT molecular complexity index is 1460. The van der Waals surface area contributed by atoms with E-state index in [1.807, 2.05) is 36.4 Å². The summed E-state index contributed by atoms with van der Waals surface area (Å²) < 4.78 is 1.49. The van der Waals surface area contributed by atoms with Crippen molar-refractivity contribution in [2.24, 2.45) is 0 Å². The second-order valence-corrected chi connectivity index (χ2v) is 11.3. The van der Waals surface area contributed by atoms with E-state index in [0.29, 0.717) is 26.2 Å². The number of carbonyl (C=O) groups excluding carboxylic acids is 2. The third-order valence-corrected chi connectivity index (χ3v) is 8.37. The number of benzene rings is 2. The van der Waals surface area contributed by atoms with Gasteiger partial charge in [-0.2, -0.15) is 0 Å². The maximum atomic E-state index is 13.3. The molecular formula is C25H16BrClN4O3S2. The van der Waals surface area contributed by atoms with Crippen LogP contribution < -0.4 is 4.90 Å². The van der Waals surface area contributed by atoms with E-state index in [-0.39, 0.29) is 16.5 Å². The van der Waals surface area contributed by atoms with Gasteiger partial charge in [-0.3, -0.25) is 19.5 Å². The number of nitrogens with zero attached hydrogens (tertiary/aromatic N) is 4. The van der Waals surface area contributed by atoms with E-state index >= 15 is 0 Å². The summed E-state index contributed by atoms with van der Waals surface area (Å²) in [5.41, 5.74) is 2.09. The summed E-state index contributed by atoms with van der Waals surface area (Å²) in [4.78, 5) is 31.7. The number of carbonyl (C=O) groups is 2. The molecule has 1 N–H and O–H groups in total. The van der Waals surface area contributed by atoms with Gasteiger partial charge in [0.2, 0.25) is 5.13 Å². The van der Waals surface area contributed by atoms with E-state index in [1.54, 1.807) is 24.3 Å². The van der Waals surface area contributed by atoms with Gasteiger partial charge < -0.3 is 5.11 Å². The number of thioether (sulfide) groups is 1. The van der Waals surface area contributed by atoms with Gasteiger partial charge in [-0.15, -0.1) is 10.2 Å². The van der Waals surface area contributed by atoms with Crippen LogP contribution in [0.3, 0.4) is 0 Å². The third kappa shape index (κ3) is 4.94. The largest absolute Gasteiger partial charge is 0.507 e. The van der Waals surface area contributed by atoms with Crippen LogP contribution in [0.5, 0.6) is 0 Å². The third-order valence-electron chi connectivity index (χ3n) is 5.46. The van der Waals surface area contributed by atoms with Crippen molar-refractivity contribution in [3.05, 3.63) is 105 Å². The Labute approximate surface area is 228 Å². The van der Waals surface area contributed by atoms with Crippen molar-refractivity contribution >= 4 is 73.2 Å². The van der Waals surface area contributed by atoms with Gasteiger partial charge in [-0.25, -0.2) is 0 Å². The minimum absolute atomic E-state index is 0.0147. The van der Waals surface area contributed by atoms with Gasteiger partial charge in [0.25, 0.3) is 5.78 Å². The molecule has 36 heavy (non-hydrogen) atoms. The van der Waals surface area contributed by atoms with Crippen molar-refractivity contribution in [2.45, 2.75) is 16.1 Å². The van der Waals surface area contributed by atoms with E-state index in [9.17, 15) is 14.7 Å². The van der Waals surface area contributed by atoms with Crippen molar-refractivity contribution in [2.75, 3.05) is 4.90 Å². The van der Waals surface area contributed by atoms with E-state index in [0.717, 1.165) is 10.0 Å². The minimum Gasteiger partial charge on any atom is -0.507 e. The Morgan fingerprint density at radius 2 is 1.72 bits per heavy atom. The van der Waals surface area contributed by atoms with Gasteiger partial charge in [-0.1, -0.05) is 74.9 Å². The van der Waals surface area contributed by atoms with E-state index < -0.39 is 17.7 Å². The average Bonchev–Trinajstić information content (AvgIpc) is 3.46. The number of hydrogen-bond acceptors (Lipinski definition) is 8. The topological polar surface area (TPSA) is 96.3 Å². The first-order chi connectivity index (χ1) is 17.4. The van der Waals surface area contributed by atoms with E-state index in [1.165, 1.54) is 40.4 Å². The predicted molar refractivity (Wildman–Crippen MR) is 144 cm³/mol. The summed E-state index contributed by atoms with van der Waals surface area (Å²) >= 11 is 12.1. The monoisotopic (exact) mass is 598 g/mol. The molecule has 0 aliphatic carbocycles. The molecule has 1 atom stereocenters. The number of aliphatic hydroxyl groups is 1. The number of aromatic nitrogens is 3. The molecule has 1 fully saturated rings. The van der Waals surface area contributed by atoms with Crippen LogP contribution in [0.4, 0.5) is 5.13 Å². The van der Waals surface area contributed by atoms with Crippen molar-refractivity contribution in [3.63, 3.8) is 0 Å². The highest BCUT2D eigenvalue weighted by Crippen LogP contribution is 2.44. The molecule has 0 spiro atoms. The first-order valence-corrected chi connectivity index (χ1v) is 13.6. The van der Waals surface area contributed by atoms with Crippen LogP contribution in [-0.4, -0.2) is 32.0 Å². The number of pyridine rings is 1. The molecule has 2 aromatic heterocycles. The molecule has 0 bridgehead atoms. The number of ketones is 1. The van der Waals surface area contributed by atoms with Crippen molar-refractivity contribution in [3.8, 4) is 0 Å². The van der Waals surface area contributed by atoms with E-state index in [2.05, 4.69) is 31.1 Å². The summed E-state index contributed by atoms with van der Waals surface area (Å²) in [6, 6.07) is 17.0. The number of rotatable bonds is 6. The van der Waals surface area contributed by atoms with Crippen molar-refractivity contribution in [1.29, 1.82) is 0 Å². The zero-order chi connectivity index (χ0) is 25.2. The molecule has 1 aliphatic heterocycles. The first-order valence-electron chi connectivity index (χ1n) is 10.6. The van der Waals surface area contributed by atoms with Crippen molar-refractivity contribution < 1.29 is 14.7 Å². The van der Waals surface area contributed by atoms with Crippen LogP contribution in [0, 0.1) is 0 Å². The Hall–Kier alpha value is -3.05. The molecule has 11 heteroatoms. The number of anilines is 1. The lowest BCUT2D eigenvalue weighted by Gasteiger charge is -2.22. The summed E-state index contributed by atoms with van der Waals surface area (Å²) in [6.07, 6.45) is 3.02. The second-order valence-electron chi connectivity index (χ2n) is 7.72. The fourth-order valence-corrected chi connectivity index (χ4v) is 5.95. The predicted octanol–water partition coefficient (Wildman–Crippen LogP) is 6.27. The Morgan fingerprint density at radius 3 is 2.42 bits per heavy atom. The SMILES string of the molecule is O=C1C(=O)N(c2nnc(SCc3ccc(Cl)cc3)s2)C(c2ccc(Br)cc2)/C1=C(\O)c1ccncc1. The van der Waals surface area contributed by atoms with Crippen molar-refractivity contribution in [1.82, 2.24) is 15.2 Å². The van der Waals surface area contributed by atoms with Gasteiger partial charge in [-0.05, 0) is 47.5 Å². The second kappa shape index (κ2) is 10.5. The molecule has 4 aromatic rings. The molecule has 1 unspecified atom stereocenters. The molecule has 0 saturated carbocycles. The van der Waals surface area contributed by atoms with Gasteiger partial charge in [0.05, 0.1) is 11.6 Å². The Kier molecular flexibility index (Phi) is 7.20. The van der Waals surface area contributed by atoms with Crippen LogP contribution in [0.1, 0.15) is 22.7 Å². The number of aliphatic hydroxyl groups excluding tert-OH is 1. The normalized spacial score (nSPS) is 17.1. The van der Waals surface area contributed by atoms with Crippen LogP contribution in [-0.2, 0) is 15.3 Å². The zero-order valence-electron chi connectivity index (χ0n) is 18.3. The number of Topliss-reactive ketones (excluding diaryl/α,β-unsaturated/α-hetero) is 1. The lowest BCUT2D eigenvalue weighted by Crippen LogP contribution is -2.29. The lowest BCUT2D eigenvalue weighted by molar-refractivity contribution is -0.132. The minimum atomic E-state index is -0.867. The molecule has 2 aromatic carbocycles. The fourth-order valence-electron chi connectivity index (χ4n) is 3.74. The summed E-state index contributed by atoms with van der Waals surface area (Å²) in [6.45, 7) is 0. The summed E-state index contributed by atoms with van der Waals surface area (Å²) in [5.74, 6) is -1.19. The lowest BCUT2D eigenvalue weighted by atomic mass is 9.96. The molecule has 1 saturated heterocycles. The highest BCUT2D eigenvalue weighted by molar-refractivity contribution is 9.10.